The summed E-state index contributed by atoms with van der Waals surface area (Å²) in [6.07, 6.45) is 1.79. The van der Waals surface area contributed by atoms with Crippen molar-refractivity contribution in [2.24, 2.45) is 5.41 Å². The monoisotopic (exact) mass is 391 g/mol. The lowest BCUT2D eigenvalue weighted by atomic mass is 9.74. The van der Waals surface area contributed by atoms with Crippen LogP contribution in [-0.2, 0) is 30.3 Å². The summed E-state index contributed by atoms with van der Waals surface area (Å²) < 4.78 is 21.8. The number of benzene rings is 1. The highest BCUT2D eigenvalue weighted by Gasteiger charge is 2.44. The number of ether oxygens (including phenoxy) is 4. The van der Waals surface area contributed by atoms with Crippen molar-refractivity contribution in [1.82, 2.24) is 4.90 Å². The minimum absolute atomic E-state index is 0.190. The first-order valence-electron chi connectivity index (χ1n) is 9.99. The zero-order valence-corrected chi connectivity index (χ0v) is 16.4. The van der Waals surface area contributed by atoms with E-state index in [0.29, 0.717) is 58.6 Å². The third kappa shape index (κ3) is 5.23. The number of esters is 1. The molecule has 2 aliphatic heterocycles. The number of likely N-dealkylation sites (tertiary alicyclic amines) is 1. The summed E-state index contributed by atoms with van der Waals surface area (Å²) in [4.78, 5) is 26.7. The molecule has 3 rings (SSSR count). The molecule has 7 heteroatoms. The lowest BCUT2D eigenvalue weighted by molar-refractivity contribution is -0.160. The number of carbonyl (C=O) groups excluding carboxylic acids is 2. The molecular formula is C21H29NO6. The second kappa shape index (κ2) is 9.89. The molecule has 0 bridgehead atoms. The van der Waals surface area contributed by atoms with Crippen LogP contribution in [0.3, 0.4) is 0 Å². The molecule has 1 aromatic carbocycles. The molecule has 1 amide bonds. The molecule has 0 radical (unpaired) electrons. The van der Waals surface area contributed by atoms with Gasteiger partial charge in [0, 0.05) is 13.1 Å². The number of hydrogen-bond acceptors (Lipinski definition) is 6. The van der Waals surface area contributed by atoms with Crippen LogP contribution in [-0.4, -0.2) is 56.2 Å². The van der Waals surface area contributed by atoms with E-state index in [0.717, 1.165) is 5.56 Å². The van der Waals surface area contributed by atoms with Gasteiger partial charge in [0.2, 0.25) is 0 Å². The van der Waals surface area contributed by atoms with Gasteiger partial charge in [0.15, 0.2) is 6.29 Å². The highest BCUT2D eigenvalue weighted by Crippen LogP contribution is 2.39. The Morgan fingerprint density at radius 1 is 1.11 bits per heavy atom. The predicted octanol–water partition coefficient (Wildman–Crippen LogP) is 3.12. The number of piperidine rings is 1. The number of rotatable bonds is 7. The van der Waals surface area contributed by atoms with Gasteiger partial charge in [-0.05, 0) is 38.2 Å². The highest BCUT2D eigenvalue weighted by atomic mass is 16.7. The summed E-state index contributed by atoms with van der Waals surface area (Å²) in [7, 11) is 0. The summed E-state index contributed by atoms with van der Waals surface area (Å²) in [5.41, 5.74) is 0.354. The second-order valence-corrected chi connectivity index (χ2v) is 7.24. The minimum Gasteiger partial charge on any atom is -0.466 e. The van der Waals surface area contributed by atoms with E-state index in [4.69, 9.17) is 18.9 Å². The van der Waals surface area contributed by atoms with Crippen LogP contribution in [0.4, 0.5) is 4.79 Å². The van der Waals surface area contributed by atoms with Crippen molar-refractivity contribution in [1.29, 1.82) is 0 Å². The zero-order valence-electron chi connectivity index (χ0n) is 16.4. The molecule has 0 spiro atoms. The van der Waals surface area contributed by atoms with Crippen molar-refractivity contribution in [3.05, 3.63) is 35.9 Å². The highest BCUT2D eigenvalue weighted by molar-refractivity contribution is 5.77. The van der Waals surface area contributed by atoms with Crippen molar-refractivity contribution in [2.45, 2.75) is 45.5 Å². The van der Waals surface area contributed by atoms with E-state index in [1.807, 2.05) is 37.3 Å². The normalized spacial score (nSPS) is 19.4. The van der Waals surface area contributed by atoms with Crippen LogP contribution in [0.15, 0.2) is 30.3 Å². The molecule has 2 saturated heterocycles. The molecule has 2 fully saturated rings. The smallest absolute Gasteiger partial charge is 0.410 e. The predicted molar refractivity (Wildman–Crippen MR) is 101 cm³/mol. The van der Waals surface area contributed by atoms with E-state index >= 15 is 0 Å². The Balaban J connectivity index is 1.53. The topological polar surface area (TPSA) is 74.3 Å². The van der Waals surface area contributed by atoms with Crippen LogP contribution < -0.4 is 0 Å². The van der Waals surface area contributed by atoms with Crippen molar-refractivity contribution in [3.8, 4) is 0 Å². The maximum Gasteiger partial charge on any atom is 0.410 e. The third-order valence-corrected chi connectivity index (χ3v) is 5.44. The van der Waals surface area contributed by atoms with Crippen LogP contribution in [0.25, 0.3) is 0 Å². The molecule has 0 aromatic heterocycles. The Bertz CT molecular complexity index is 636. The fourth-order valence-corrected chi connectivity index (χ4v) is 3.74. The molecule has 0 unspecified atom stereocenters. The van der Waals surface area contributed by atoms with Crippen molar-refractivity contribution >= 4 is 12.1 Å². The summed E-state index contributed by atoms with van der Waals surface area (Å²) in [6, 6.07) is 9.59. The van der Waals surface area contributed by atoms with Gasteiger partial charge in [-0.3, -0.25) is 4.79 Å². The number of nitrogens with zero attached hydrogens (tertiary/aromatic N) is 1. The quantitative estimate of drug-likeness (QED) is 0.665. The molecule has 28 heavy (non-hydrogen) atoms. The Morgan fingerprint density at radius 2 is 1.79 bits per heavy atom. The Hall–Kier alpha value is -2.12. The average molecular weight is 391 g/mol. The van der Waals surface area contributed by atoms with Crippen LogP contribution in [0.1, 0.15) is 38.2 Å². The van der Waals surface area contributed by atoms with Crippen molar-refractivity contribution < 1.29 is 28.5 Å². The van der Waals surface area contributed by atoms with E-state index < -0.39 is 5.41 Å². The molecule has 2 heterocycles. The molecule has 0 atom stereocenters. The largest absolute Gasteiger partial charge is 0.466 e. The first-order valence-corrected chi connectivity index (χ1v) is 9.99. The van der Waals surface area contributed by atoms with E-state index in [1.165, 1.54) is 0 Å². The fourth-order valence-electron chi connectivity index (χ4n) is 3.74. The summed E-state index contributed by atoms with van der Waals surface area (Å²) in [5.74, 6) is -0.190. The molecule has 0 aliphatic carbocycles. The molecule has 154 valence electrons. The van der Waals surface area contributed by atoms with Crippen LogP contribution in [0, 0.1) is 5.41 Å². The molecule has 0 saturated carbocycles. The van der Waals surface area contributed by atoms with Gasteiger partial charge in [0.25, 0.3) is 0 Å². The number of hydrogen-bond donors (Lipinski definition) is 0. The Kier molecular flexibility index (Phi) is 7.28. The Labute approximate surface area is 165 Å². The van der Waals surface area contributed by atoms with Crippen LogP contribution in [0.2, 0.25) is 0 Å². The fraction of sp³-hybridized carbons (Fsp3) is 0.619. The lowest BCUT2D eigenvalue weighted by Crippen LogP contribution is -2.47. The minimum atomic E-state index is -0.596. The number of carbonyl (C=O) groups is 2. The average Bonchev–Trinajstić information content (AvgIpc) is 3.25. The van der Waals surface area contributed by atoms with Gasteiger partial charge in [-0.2, -0.15) is 0 Å². The molecule has 2 aliphatic rings. The van der Waals surface area contributed by atoms with Gasteiger partial charge in [0.05, 0.1) is 25.2 Å². The van der Waals surface area contributed by atoms with E-state index in [-0.39, 0.29) is 25.0 Å². The maximum absolute atomic E-state index is 12.7. The summed E-state index contributed by atoms with van der Waals surface area (Å²) >= 11 is 0. The van der Waals surface area contributed by atoms with Crippen molar-refractivity contribution in [3.63, 3.8) is 0 Å². The summed E-state index contributed by atoms with van der Waals surface area (Å²) in [6.45, 7) is 4.54. The maximum atomic E-state index is 12.7. The second-order valence-electron chi connectivity index (χ2n) is 7.24. The van der Waals surface area contributed by atoms with Gasteiger partial charge in [-0.15, -0.1) is 0 Å². The van der Waals surface area contributed by atoms with Crippen LogP contribution in [0.5, 0.6) is 0 Å². The first-order chi connectivity index (χ1) is 13.6. The van der Waals surface area contributed by atoms with Gasteiger partial charge in [-0.25, -0.2) is 4.79 Å². The van der Waals surface area contributed by atoms with E-state index in [9.17, 15) is 9.59 Å². The van der Waals surface area contributed by atoms with Gasteiger partial charge < -0.3 is 23.8 Å². The standard InChI is InChI=1S/C21H29NO6/c1-2-25-19(23)21(9-8-18-26-14-15-27-18)10-12-22(13-11-21)20(24)28-16-17-6-4-3-5-7-17/h3-7,18H,2,8-16H2,1H3. The molecule has 1 aromatic rings. The van der Waals surface area contributed by atoms with Gasteiger partial charge in [0.1, 0.15) is 6.61 Å². The van der Waals surface area contributed by atoms with Gasteiger partial charge in [-0.1, -0.05) is 30.3 Å². The third-order valence-electron chi connectivity index (χ3n) is 5.44. The van der Waals surface area contributed by atoms with Crippen LogP contribution >= 0.6 is 0 Å². The molecule has 7 nitrogen and oxygen atoms in total. The zero-order chi connectivity index (χ0) is 19.8. The SMILES string of the molecule is CCOC(=O)C1(CCC2OCCO2)CCN(C(=O)OCc2ccccc2)CC1. The van der Waals surface area contributed by atoms with E-state index in [2.05, 4.69) is 0 Å². The lowest BCUT2D eigenvalue weighted by Gasteiger charge is -2.39. The Morgan fingerprint density at radius 3 is 2.43 bits per heavy atom. The van der Waals surface area contributed by atoms with Gasteiger partial charge >= 0.3 is 12.1 Å². The van der Waals surface area contributed by atoms with E-state index in [1.54, 1.807) is 4.90 Å². The molecule has 0 N–H and O–H groups in total. The molecular weight excluding hydrogens is 362 g/mol. The van der Waals surface area contributed by atoms with Crippen molar-refractivity contribution in [2.75, 3.05) is 32.9 Å². The number of amides is 1. The summed E-state index contributed by atoms with van der Waals surface area (Å²) in [5, 5.41) is 0. The first kappa shape index (κ1) is 20.6.